The molecule has 7 heteroatoms. The van der Waals surface area contributed by atoms with Gasteiger partial charge in [-0.2, -0.15) is 0 Å². The normalized spacial score (nSPS) is 19.0. The lowest BCUT2D eigenvalue weighted by molar-refractivity contribution is -0.385. The molecule has 0 aromatic heterocycles. The van der Waals surface area contributed by atoms with E-state index in [1.807, 2.05) is 0 Å². The summed E-state index contributed by atoms with van der Waals surface area (Å²) in [6.07, 6.45) is 0.686. The Morgan fingerprint density at radius 2 is 2.22 bits per heavy atom. The number of hydrogen-bond acceptors (Lipinski definition) is 3. The number of amides is 1. The highest BCUT2D eigenvalue weighted by Gasteiger charge is 2.31. The predicted octanol–water partition coefficient (Wildman–Crippen LogP) is 2.70. The molecule has 0 spiro atoms. The van der Waals surface area contributed by atoms with Crippen LogP contribution in [-0.4, -0.2) is 34.2 Å². The number of nitrogens with zero attached hydrogens (tertiary/aromatic N) is 2. The fourth-order valence-corrected chi connectivity index (χ4v) is 2.45. The summed E-state index contributed by atoms with van der Waals surface area (Å²) in [7, 11) is 0. The molecule has 1 aromatic rings. The van der Waals surface area contributed by atoms with Crippen molar-refractivity contribution in [3.05, 3.63) is 38.9 Å². The first-order valence-electron chi connectivity index (χ1n) is 5.37. The van der Waals surface area contributed by atoms with E-state index in [9.17, 15) is 14.9 Å². The van der Waals surface area contributed by atoms with Crippen LogP contribution in [0.2, 0.25) is 5.02 Å². The SMILES string of the molecule is O=C(c1c(Cl)cccc1[N+](=O)[O-])N1CCC(Cl)C1. The van der Waals surface area contributed by atoms with Crippen LogP contribution in [0.15, 0.2) is 18.2 Å². The molecule has 1 aliphatic rings. The number of hydrogen-bond donors (Lipinski definition) is 0. The first-order valence-corrected chi connectivity index (χ1v) is 6.18. The van der Waals surface area contributed by atoms with Crippen LogP contribution in [0.5, 0.6) is 0 Å². The van der Waals surface area contributed by atoms with Crippen molar-refractivity contribution in [1.82, 2.24) is 4.90 Å². The van der Waals surface area contributed by atoms with Crippen LogP contribution >= 0.6 is 23.2 Å². The molecule has 0 aliphatic carbocycles. The lowest BCUT2D eigenvalue weighted by Gasteiger charge is -2.16. The monoisotopic (exact) mass is 288 g/mol. The molecule has 1 amide bonds. The van der Waals surface area contributed by atoms with Gasteiger partial charge in [-0.25, -0.2) is 0 Å². The Labute approximate surface area is 113 Å². The summed E-state index contributed by atoms with van der Waals surface area (Å²) in [4.78, 5) is 24.0. The van der Waals surface area contributed by atoms with Gasteiger partial charge in [0.2, 0.25) is 0 Å². The van der Waals surface area contributed by atoms with Crippen molar-refractivity contribution in [2.24, 2.45) is 0 Å². The van der Waals surface area contributed by atoms with Gasteiger partial charge in [-0.3, -0.25) is 14.9 Å². The predicted molar refractivity (Wildman–Crippen MR) is 68.3 cm³/mol. The second-order valence-electron chi connectivity index (χ2n) is 4.03. The van der Waals surface area contributed by atoms with Crippen molar-refractivity contribution in [2.45, 2.75) is 11.8 Å². The Morgan fingerprint density at radius 3 is 2.78 bits per heavy atom. The third kappa shape index (κ3) is 2.42. The van der Waals surface area contributed by atoms with Gasteiger partial charge in [0.15, 0.2) is 0 Å². The van der Waals surface area contributed by atoms with Gasteiger partial charge in [0.05, 0.1) is 15.3 Å². The van der Waals surface area contributed by atoms with E-state index in [0.29, 0.717) is 19.5 Å². The maximum absolute atomic E-state index is 12.2. The molecule has 1 saturated heterocycles. The first kappa shape index (κ1) is 13.1. The fraction of sp³-hybridized carbons (Fsp3) is 0.364. The number of alkyl halides is 1. The topological polar surface area (TPSA) is 63.4 Å². The molecule has 1 unspecified atom stereocenters. The average molecular weight is 289 g/mol. The Kier molecular flexibility index (Phi) is 3.73. The van der Waals surface area contributed by atoms with Gasteiger partial charge in [0.1, 0.15) is 5.56 Å². The number of nitro groups is 1. The number of carbonyl (C=O) groups excluding carboxylic acids is 1. The van der Waals surface area contributed by atoms with E-state index in [0.717, 1.165) is 0 Å². The average Bonchev–Trinajstić information content (AvgIpc) is 2.74. The molecule has 18 heavy (non-hydrogen) atoms. The van der Waals surface area contributed by atoms with Crippen molar-refractivity contribution >= 4 is 34.8 Å². The molecule has 96 valence electrons. The number of rotatable bonds is 2. The van der Waals surface area contributed by atoms with E-state index in [4.69, 9.17) is 23.2 Å². The summed E-state index contributed by atoms with van der Waals surface area (Å²) in [6.45, 7) is 0.887. The van der Waals surface area contributed by atoms with E-state index in [1.54, 1.807) is 0 Å². The lowest BCUT2D eigenvalue weighted by atomic mass is 10.1. The van der Waals surface area contributed by atoms with Crippen LogP contribution < -0.4 is 0 Å². The molecule has 5 nitrogen and oxygen atoms in total. The Bertz CT molecular complexity index is 507. The molecule has 1 heterocycles. The van der Waals surface area contributed by atoms with Gasteiger partial charge in [0.25, 0.3) is 11.6 Å². The van der Waals surface area contributed by atoms with E-state index in [-0.39, 0.29) is 21.7 Å². The van der Waals surface area contributed by atoms with Crippen LogP contribution in [-0.2, 0) is 0 Å². The van der Waals surface area contributed by atoms with Gasteiger partial charge in [-0.1, -0.05) is 17.7 Å². The zero-order chi connectivity index (χ0) is 13.3. The zero-order valence-electron chi connectivity index (χ0n) is 9.31. The highest BCUT2D eigenvalue weighted by atomic mass is 35.5. The molecule has 1 aliphatic heterocycles. The van der Waals surface area contributed by atoms with Crippen molar-refractivity contribution in [3.8, 4) is 0 Å². The number of halogens is 2. The van der Waals surface area contributed by atoms with Crippen LogP contribution in [0.1, 0.15) is 16.8 Å². The number of benzene rings is 1. The second-order valence-corrected chi connectivity index (χ2v) is 5.05. The number of nitro benzene ring substituents is 1. The summed E-state index contributed by atoms with van der Waals surface area (Å²) < 4.78 is 0. The summed E-state index contributed by atoms with van der Waals surface area (Å²) in [5, 5.41) is 10.9. The van der Waals surface area contributed by atoms with Gasteiger partial charge in [-0.05, 0) is 12.5 Å². The Hall–Kier alpha value is -1.33. The minimum absolute atomic E-state index is 0.0602. The number of carbonyl (C=O) groups is 1. The molecule has 1 aromatic carbocycles. The first-order chi connectivity index (χ1) is 8.50. The maximum Gasteiger partial charge on any atom is 0.283 e. The highest BCUT2D eigenvalue weighted by Crippen LogP contribution is 2.29. The van der Waals surface area contributed by atoms with E-state index < -0.39 is 10.8 Å². The third-order valence-electron chi connectivity index (χ3n) is 2.82. The number of likely N-dealkylation sites (tertiary alicyclic amines) is 1. The second kappa shape index (κ2) is 5.12. The summed E-state index contributed by atoms with van der Waals surface area (Å²) >= 11 is 11.8. The molecular weight excluding hydrogens is 279 g/mol. The maximum atomic E-state index is 12.2. The Balaban J connectivity index is 2.38. The third-order valence-corrected chi connectivity index (χ3v) is 3.49. The van der Waals surface area contributed by atoms with Crippen LogP contribution in [0, 0.1) is 10.1 Å². The van der Waals surface area contributed by atoms with Crippen molar-refractivity contribution in [3.63, 3.8) is 0 Å². The van der Waals surface area contributed by atoms with Crippen molar-refractivity contribution < 1.29 is 9.72 Å². The van der Waals surface area contributed by atoms with Gasteiger partial charge in [0, 0.05) is 19.2 Å². The zero-order valence-corrected chi connectivity index (χ0v) is 10.8. The Morgan fingerprint density at radius 1 is 1.50 bits per heavy atom. The van der Waals surface area contributed by atoms with Gasteiger partial charge in [-0.15, -0.1) is 11.6 Å². The minimum atomic E-state index is -0.604. The van der Waals surface area contributed by atoms with Crippen molar-refractivity contribution in [1.29, 1.82) is 0 Å². The van der Waals surface area contributed by atoms with Crippen LogP contribution in [0.3, 0.4) is 0 Å². The largest absolute Gasteiger partial charge is 0.337 e. The highest BCUT2D eigenvalue weighted by molar-refractivity contribution is 6.34. The smallest absolute Gasteiger partial charge is 0.283 e. The summed E-state index contributed by atoms with van der Waals surface area (Å²) in [5.41, 5.74) is -0.333. The standard InChI is InChI=1S/C11H10Cl2N2O3/c12-7-4-5-14(6-7)11(16)10-8(13)2-1-3-9(10)15(17)18/h1-3,7H,4-6H2. The molecule has 0 radical (unpaired) electrons. The summed E-state index contributed by atoms with van der Waals surface area (Å²) in [6, 6.07) is 4.19. The van der Waals surface area contributed by atoms with Crippen LogP contribution in [0.4, 0.5) is 5.69 Å². The molecule has 2 rings (SSSR count). The van der Waals surface area contributed by atoms with Crippen LogP contribution in [0.25, 0.3) is 0 Å². The quantitative estimate of drug-likeness (QED) is 0.477. The fourth-order valence-electron chi connectivity index (χ4n) is 1.94. The van der Waals surface area contributed by atoms with E-state index in [2.05, 4.69) is 0 Å². The van der Waals surface area contributed by atoms with E-state index in [1.165, 1.54) is 23.1 Å². The molecule has 1 atom stereocenters. The summed E-state index contributed by atoms with van der Waals surface area (Å²) in [5.74, 6) is -0.435. The van der Waals surface area contributed by atoms with Gasteiger partial charge >= 0.3 is 0 Å². The van der Waals surface area contributed by atoms with E-state index >= 15 is 0 Å². The minimum Gasteiger partial charge on any atom is -0.337 e. The lowest BCUT2D eigenvalue weighted by Crippen LogP contribution is -2.29. The molecule has 0 N–H and O–H groups in total. The molecule has 0 saturated carbocycles. The molecule has 0 bridgehead atoms. The van der Waals surface area contributed by atoms with Gasteiger partial charge < -0.3 is 4.90 Å². The molecule has 1 fully saturated rings. The molecular formula is C11H10Cl2N2O3. The van der Waals surface area contributed by atoms with Crippen molar-refractivity contribution in [2.75, 3.05) is 13.1 Å².